The highest BCUT2D eigenvalue weighted by Crippen LogP contribution is 2.22. The number of hydrogen-bond donors (Lipinski definition) is 0. The molecule has 9 heavy (non-hydrogen) atoms. The second kappa shape index (κ2) is 2.87. The van der Waals surface area contributed by atoms with E-state index in [1.807, 2.05) is 24.3 Å². The van der Waals surface area contributed by atoms with Gasteiger partial charge in [0.1, 0.15) is 12.9 Å². The van der Waals surface area contributed by atoms with Crippen molar-refractivity contribution in [1.29, 1.82) is 0 Å². The van der Waals surface area contributed by atoms with Gasteiger partial charge in [-0.1, -0.05) is 12.1 Å². The molecule has 1 rings (SSSR count). The Balaban J connectivity index is 3.01. The van der Waals surface area contributed by atoms with E-state index in [2.05, 4.69) is 23.0 Å². The van der Waals surface area contributed by atoms with Gasteiger partial charge >= 0.3 is 0 Å². The van der Waals surface area contributed by atoms with E-state index in [1.54, 1.807) is 0 Å². The minimum atomic E-state index is 0.762. The van der Waals surface area contributed by atoms with Crippen LogP contribution >= 0.6 is 15.9 Å². The van der Waals surface area contributed by atoms with Crippen LogP contribution in [-0.4, -0.2) is 0 Å². The van der Waals surface area contributed by atoms with Crippen LogP contribution in [0.3, 0.4) is 0 Å². The molecule has 47 valence electrons. The zero-order chi connectivity index (χ0) is 6.69. The van der Waals surface area contributed by atoms with E-state index in [0.29, 0.717) is 0 Å². The minimum absolute atomic E-state index is 0.762. The number of hydrogen-bond acceptors (Lipinski definition) is 1. The van der Waals surface area contributed by atoms with Crippen molar-refractivity contribution in [1.82, 2.24) is 0 Å². The Hall–Kier alpha value is -0.500. The smallest absolute Gasteiger partial charge is 0.133 e. The fourth-order valence-corrected chi connectivity index (χ4v) is 0.961. The van der Waals surface area contributed by atoms with E-state index < -0.39 is 0 Å². The van der Waals surface area contributed by atoms with Gasteiger partial charge in [-0.15, -0.1) is 0 Å². The van der Waals surface area contributed by atoms with Crippen LogP contribution in [0.25, 0.3) is 0 Å². The van der Waals surface area contributed by atoms with Crippen LogP contribution in [0.2, 0.25) is 0 Å². The van der Waals surface area contributed by atoms with E-state index >= 15 is 0 Å². The molecule has 0 saturated heterocycles. The number of para-hydroxylation sites is 1. The molecule has 0 aromatic heterocycles. The summed E-state index contributed by atoms with van der Waals surface area (Å²) in [5, 5.41) is 0. The molecular weight excluding hydrogens is 180 g/mol. The van der Waals surface area contributed by atoms with Gasteiger partial charge in [-0.3, -0.25) is 0 Å². The van der Waals surface area contributed by atoms with Crippen LogP contribution < -0.4 is 4.74 Å². The second-order valence-electron chi connectivity index (χ2n) is 1.57. The summed E-state index contributed by atoms with van der Waals surface area (Å²) in [5.41, 5.74) is 0. The van der Waals surface area contributed by atoms with Crippen LogP contribution in [0, 0.1) is 7.11 Å². The fourth-order valence-electron chi connectivity index (χ4n) is 0.562. The third-order valence-electron chi connectivity index (χ3n) is 0.992. The molecule has 0 spiro atoms. The van der Waals surface area contributed by atoms with Crippen molar-refractivity contribution in [3.8, 4) is 5.75 Å². The van der Waals surface area contributed by atoms with E-state index in [0.717, 1.165) is 10.2 Å². The Morgan fingerprint density at radius 1 is 1.33 bits per heavy atom. The Morgan fingerprint density at radius 3 is 2.44 bits per heavy atom. The number of benzene rings is 1. The maximum Gasteiger partial charge on any atom is 0.133 e. The first-order valence-electron chi connectivity index (χ1n) is 2.51. The van der Waals surface area contributed by atoms with E-state index in [1.165, 1.54) is 0 Å². The highest BCUT2D eigenvalue weighted by atomic mass is 79.9. The lowest BCUT2D eigenvalue weighted by Gasteiger charge is -1.98. The molecule has 0 bridgehead atoms. The maximum absolute atomic E-state index is 4.75. The van der Waals surface area contributed by atoms with Gasteiger partial charge < -0.3 is 4.74 Å². The summed E-state index contributed by atoms with van der Waals surface area (Å²) in [4.78, 5) is 0. The first-order valence-corrected chi connectivity index (χ1v) is 3.30. The van der Waals surface area contributed by atoms with Gasteiger partial charge in [0.05, 0.1) is 4.47 Å². The molecule has 1 radical (unpaired) electrons. The molecule has 1 aromatic rings. The van der Waals surface area contributed by atoms with Crippen molar-refractivity contribution in [3.63, 3.8) is 0 Å². The highest BCUT2D eigenvalue weighted by Gasteiger charge is 1.93. The van der Waals surface area contributed by atoms with Gasteiger partial charge in [-0.05, 0) is 28.1 Å². The first-order chi connectivity index (χ1) is 4.34. The Morgan fingerprint density at radius 2 is 2.00 bits per heavy atom. The lowest BCUT2D eigenvalue weighted by molar-refractivity contribution is 0.470. The zero-order valence-electron chi connectivity index (χ0n) is 4.80. The number of ether oxygens (including phenoxy) is 1. The van der Waals surface area contributed by atoms with E-state index in [4.69, 9.17) is 4.74 Å². The summed E-state index contributed by atoms with van der Waals surface area (Å²) in [6.07, 6.45) is 0. The van der Waals surface area contributed by atoms with Crippen molar-refractivity contribution in [2.45, 2.75) is 0 Å². The molecule has 0 atom stereocenters. The van der Waals surface area contributed by atoms with Gasteiger partial charge in [-0.25, -0.2) is 0 Å². The van der Waals surface area contributed by atoms with Gasteiger partial charge in [0.25, 0.3) is 0 Å². The first kappa shape index (κ1) is 6.62. The molecule has 0 amide bonds. The Labute approximate surface area is 62.8 Å². The predicted octanol–water partition coefficient (Wildman–Crippen LogP) is 2.62. The van der Waals surface area contributed by atoms with Gasteiger partial charge in [0, 0.05) is 0 Å². The summed E-state index contributed by atoms with van der Waals surface area (Å²) >= 11 is 3.29. The zero-order valence-corrected chi connectivity index (χ0v) is 6.39. The average molecular weight is 186 g/mol. The van der Waals surface area contributed by atoms with Crippen molar-refractivity contribution < 1.29 is 4.74 Å². The summed E-state index contributed by atoms with van der Waals surface area (Å²) in [6.45, 7) is 0. The molecule has 0 fully saturated rings. The summed E-state index contributed by atoms with van der Waals surface area (Å²) < 4.78 is 5.68. The normalized spacial score (nSPS) is 9.11. The molecule has 2 heteroatoms. The largest absolute Gasteiger partial charge is 0.489 e. The minimum Gasteiger partial charge on any atom is -0.489 e. The van der Waals surface area contributed by atoms with Gasteiger partial charge in [0.2, 0.25) is 0 Å². The third kappa shape index (κ3) is 1.45. The number of rotatable bonds is 1. The molecule has 0 aliphatic rings. The fraction of sp³-hybridized carbons (Fsp3) is 0. The van der Waals surface area contributed by atoms with E-state index in [-0.39, 0.29) is 0 Å². The molecular formula is C7H6BrO. The van der Waals surface area contributed by atoms with Crippen LogP contribution in [0.15, 0.2) is 28.7 Å². The lowest BCUT2D eigenvalue weighted by Crippen LogP contribution is -1.78. The highest BCUT2D eigenvalue weighted by molar-refractivity contribution is 9.10. The monoisotopic (exact) mass is 185 g/mol. The molecule has 0 aliphatic carbocycles. The average Bonchev–Trinajstić information content (AvgIpc) is 1.89. The predicted molar refractivity (Wildman–Crippen MR) is 40.1 cm³/mol. The summed E-state index contributed by atoms with van der Waals surface area (Å²) in [5.74, 6) is 0.762. The van der Waals surface area contributed by atoms with Crippen molar-refractivity contribution in [2.24, 2.45) is 0 Å². The topological polar surface area (TPSA) is 9.23 Å². The molecule has 1 aromatic carbocycles. The quantitative estimate of drug-likeness (QED) is 0.654. The Bertz CT molecular complexity index is 198. The maximum atomic E-state index is 4.75. The van der Waals surface area contributed by atoms with Crippen LogP contribution in [0.5, 0.6) is 5.75 Å². The molecule has 0 unspecified atom stereocenters. The standard InChI is InChI=1S/C7H6BrO/c1-9-7-5-3-2-4-6(7)8/h2-5H,1H2. The van der Waals surface area contributed by atoms with Crippen LogP contribution in [-0.2, 0) is 0 Å². The lowest BCUT2D eigenvalue weighted by atomic mass is 10.3. The van der Waals surface area contributed by atoms with Crippen molar-refractivity contribution in [3.05, 3.63) is 35.8 Å². The molecule has 0 N–H and O–H groups in total. The second-order valence-corrected chi connectivity index (χ2v) is 2.43. The van der Waals surface area contributed by atoms with Gasteiger partial charge in [0.15, 0.2) is 0 Å². The van der Waals surface area contributed by atoms with Crippen molar-refractivity contribution in [2.75, 3.05) is 0 Å². The third-order valence-corrected chi connectivity index (χ3v) is 1.65. The molecule has 0 saturated carbocycles. The Kier molecular flexibility index (Phi) is 2.11. The SMILES string of the molecule is [CH2]Oc1ccccc1Br. The summed E-state index contributed by atoms with van der Waals surface area (Å²) in [7, 11) is 3.29. The van der Waals surface area contributed by atoms with Crippen molar-refractivity contribution >= 4 is 15.9 Å². The molecule has 0 aliphatic heterocycles. The molecule has 0 heterocycles. The number of halogens is 1. The van der Waals surface area contributed by atoms with E-state index in [9.17, 15) is 0 Å². The van der Waals surface area contributed by atoms with Gasteiger partial charge in [-0.2, -0.15) is 0 Å². The molecule has 1 nitrogen and oxygen atoms in total. The van der Waals surface area contributed by atoms with Crippen LogP contribution in [0.1, 0.15) is 0 Å². The summed E-state index contributed by atoms with van der Waals surface area (Å²) in [6, 6.07) is 7.56. The van der Waals surface area contributed by atoms with Crippen LogP contribution in [0.4, 0.5) is 0 Å².